The number of carbonyl (C=O) groups is 3. The third kappa shape index (κ3) is 6.15. The summed E-state index contributed by atoms with van der Waals surface area (Å²) in [6.45, 7) is 19.3. The second-order valence-corrected chi connectivity index (χ2v) is 19.8. The standard InChI is InChI=1S/C47H62F2N2O5/c1-27(2)31-15-21-47(23-22-45(6)33(37(31)47)13-14-35-44(5)19-17-36(52)43(3,4)34(44)16-20-46(35,45)7)42(56)51-26-28-9-8-10-30(25-28)40(53)50-24-18-29-11-12-32(41(54)55)39(49)38(29)48/h8-12,25,31,33-37,52H,1,13-24,26H2,2-7H3,(H,50,53)(H,51,56)(H,54,55)/t31-,33?,34?,35?,36-,37?,44-,45+,46+,47-/m0/s1. The largest absolute Gasteiger partial charge is 0.478 e. The number of allylic oxidation sites excluding steroid dienone is 1. The minimum atomic E-state index is -1.55. The number of fused-ring (bicyclic) bond motifs is 7. The van der Waals surface area contributed by atoms with E-state index in [1.54, 1.807) is 18.2 Å². The number of halogens is 2. The maximum atomic E-state index is 14.7. The van der Waals surface area contributed by atoms with Crippen LogP contribution in [0.3, 0.4) is 0 Å². The van der Waals surface area contributed by atoms with Crippen LogP contribution in [-0.4, -0.2) is 40.6 Å². The van der Waals surface area contributed by atoms with E-state index in [9.17, 15) is 28.3 Å². The van der Waals surface area contributed by atoms with Crippen LogP contribution in [0.4, 0.5) is 8.78 Å². The summed E-state index contributed by atoms with van der Waals surface area (Å²) in [4.78, 5) is 38.9. The molecule has 5 aliphatic rings. The minimum Gasteiger partial charge on any atom is -0.478 e. The molecule has 9 heteroatoms. The van der Waals surface area contributed by atoms with Gasteiger partial charge < -0.3 is 20.8 Å². The number of hydrogen-bond acceptors (Lipinski definition) is 4. The number of aliphatic hydroxyl groups is 1. The van der Waals surface area contributed by atoms with Gasteiger partial charge in [0.05, 0.1) is 17.1 Å². The molecule has 2 aromatic rings. The lowest BCUT2D eigenvalue weighted by molar-refractivity contribution is -0.246. The van der Waals surface area contributed by atoms with Gasteiger partial charge >= 0.3 is 5.97 Å². The van der Waals surface area contributed by atoms with Crippen LogP contribution >= 0.6 is 0 Å². The maximum Gasteiger partial charge on any atom is 0.338 e. The summed E-state index contributed by atoms with van der Waals surface area (Å²) < 4.78 is 28.6. The first-order valence-electron chi connectivity index (χ1n) is 21.0. The smallest absolute Gasteiger partial charge is 0.338 e. The monoisotopic (exact) mass is 772 g/mol. The van der Waals surface area contributed by atoms with Crippen LogP contribution in [-0.2, 0) is 17.8 Å². The molecule has 0 radical (unpaired) electrons. The van der Waals surface area contributed by atoms with Crippen LogP contribution in [0.5, 0.6) is 0 Å². The number of aliphatic hydroxyl groups excluding tert-OH is 1. The SMILES string of the molecule is C=C(C)[C@@H]1CC[C@]2(C(=O)NCc3cccc(C(=O)NCCc4ccc(C(=O)O)c(F)c4F)c3)CC[C@]3(C)C(CCC4[C@@]5(C)CC[C@H](O)C(C)(C)C5CC[C@]43C)C12. The molecule has 5 saturated carbocycles. The zero-order valence-corrected chi connectivity index (χ0v) is 34.2. The maximum absolute atomic E-state index is 14.7. The van der Waals surface area contributed by atoms with Gasteiger partial charge in [0.25, 0.3) is 5.91 Å². The van der Waals surface area contributed by atoms with Crippen molar-refractivity contribution >= 4 is 17.8 Å². The van der Waals surface area contributed by atoms with Crippen molar-refractivity contribution in [3.63, 3.8) is 0 Å². The molecule has 7 nitrogen and oxygen atoms in total. The molecule has 2 amide bonds. The Hall–Kier alpha value is -3.59. The van der Waals surface area contributed by atoms with E-state index in [1.165, 1.54) is 24.5 Å². The number of amides is 2. The highest BCUT2D eigenvalue weighted by Crippen LogP contribution is 2.77. The summed E-state index contributed by atoms with van der Waals surface area (Å²) in [5.74, 6) is -2.43. The minimum absolute atomic E-state index is 0.0133. The van der Waals surface area contributed by atoms with Crippen molar-refractivity contribution in [1.29, 1.82) is 0 Å². The van der Waals surface area contributed by atoms with Gasteiger partial charge in [0.2, 0.25) is 5.91 Å². The van der Waals surface area contributed by atoms with E-state index in [0.29, 0.717) is 29.2 Å². The Balaban J connectivity index is 1.05. The van der Waals surface area contributed by atoms with E-state index in [-0.39, 0.29) is 70.6 Å². The molecule has 0 aromatic heterocycles. The Morgan fingerprint density at radius 1 is 0.839 bits per heavy atom. The highest BCUT2D eigenvalue weighted by Gasteiger charge is 2.71. The molecule has 0 spiro atoms. The molecule has 4 N–H and O–H groups in total. The van der Waals surface area contributed by atoms with Crippen LogP contribution < -0.4 is 10.6 Å². The molecule has 304 valence electrons. The number of hydrogen-bond donors (Lipinski definition) is 4. The van der Waals surface area contributed by atoms with Crippen LogP contribution in [0.1, 0.15) is 138 Å². The van der Waals surface area contributed by atoms with Crippen molar-refractivity contribution in [2.75, 3.05) is 6.54 Å². The van der Waals surface area contributed by atoms with Gasteiger partial charge in [-0.2, -0.15) is 0 Å². The average Bonchev–Trinajstić information content (AvgIpc) is 3.56. The highest BCUT2D eigenvalue weighted by molar-refractivity contribution is 5.94. The van der Waals surface area contributed by atoms with E-state index >= 15 is 0 Å². The fraction of sp³-hybridized carbons (Fsp3) is 0.638. The normalized spacial score (nSPS) is 36.9. The Labute approximate surface area is 331 Å². The Morgan fingerprint density at radius 2 is 1.59 bits per heavy atom. The predicted molar refractivity (Wildman–Crippen MR) is 213 cm³/mol. The predicted octanol–water partition coefficient (Wildman–Crippen LogP) is 9.27. The van der Waals surface area contributed by atoms with Crippen molar-refractivity contribution in [2.24, 2.45) is 56.7 Å². The zero-order chi connectivity index (χ0) is 40.6. The number of rotatable bonds is 9. The van der Waals surface area contributed by atoms with Gasteiger partial charge in [0, 0.05) is 18.7 Å². The number of nitrogens with one attached hydrogen (secondary N) is 2. The average molecular weight is 773 g/mol. The summed E-state index contributed by atoms with van der Waals surface area (Å²) in [5.41, 5.74) is 1.49. The van der Waals surface area contributed by atoms with Crippen molar-refractivity contribution in [1.82, 2.24) is 10.6 Å². The Kier molecular flexibility index (Phi) is 10.4. The quantitative estimate of drug-likeness (QED) is 0.190. The van der Waals surface area contributed by atoms with E-state index in [1.807, 2.05) is 6.07 Å². The van der Waals surface area contributed by atoms with Gasteiger partial charge in [-0.3, -0.25) is 9.59 Å². The van der Waals surface area contributed by atoms with E-state index in [2.05, 4.69) is 58.8 Å². The van der Waals surface area contributed by atoms with Crippen molar-refractivity contribution in [3.8, 4) is 0 Å². The van der Waals surface area contributed by atoms with Gasteiger partial charge in [-0.05, 0) is 158 Å². The second kappa shape index (κ2) is 14.4. The first-order valence-corrected chi connectivity index (χ1v) is 21.0. The molecule has 4 unspecified atom stereocenters. The lowest BCUT2D eigenvalue weighted by Crippen LogP contribution is -2.67. The second-order valence-electron chi connectivity index (χ2n) is 19.8. The lowest BCUT2D eigenvalue weighted by atomic mass is 9.32. The third-order valence-corrected chi connectivity index (χ3v) is 17.2. The van der Waals surface area contributed by atoms with E-state index < -0.39 is 28.6 Å². The number of carboxylic acid groups (broad SMARTS) is 1. The van der Waals surface area contributed by atoms with Gasteiger partial charge in [-0.25, -0.2) is 13.6 Å². The lowest BCUT2D eigenvalue weighted by Gasteiger charge is -2.72. The van der Waals surface area contributed by atoms with E-state index in [0.717, 1.165) is 63.0 Å². The van der Waals surface area contributed by atoms with Gasteiger partial charge in [-0.15, -0.1) is 0 Å². The Morgan fingerprint density at radius 3 is 2.30 bits per heavy atom. The summed E-state index contributed by atoms with van der Waals surface area (Å²) >= 11 is 0. The van der Waals surface area contributed by atoms with Crippen molar-refractivity contribution < 1.29 is 33.4 Å². The third-order valence-electron chi connectivity index (χ3n) is 17.2. The molecule has 0 aliphatic heterocycles. The number of aromatic carboxylic acids is 1. The molecular weight excluding hydrogens is 711 g/mol. The van der Waals surface area contributed by atoms with Crippen LogP contribution in [0.25, 0.3) is 0 Å². The first kappa shape index (κ1) is 40.6. The highest BCUT2D eigenvalue weighted by atomic mass is 19.2. The van der Waals surface area contributed by atoms with Crippen LogP contribution in [0, 0.1) is 68.3 Å². The molecule has 56 heavy (non-hydrogen) atoms. The summed E-state index contributed by atoms with van der Waals surface area (Å²) in [6, 6.07) is 9.33. The molecule has 2 aromatic carbocycles. The molecule has 5 fully saturated rings. The topological polar surface area (TPSA) is 116 Å². The molecule has 5 aliphatic carbocycles. The fourth-order valence-electron chi connectivity index (χ4n) is 14.1. The van der Waals surface area contributed by atoms with Gasteiger partial charge in [0.1, 0.15) is 0 Å². The number of carboxylic acids is 1. The van der Waals surface area contributed by atoms with Crippen LogP contribution in [0.15, 0.2) is 48.6 Å². The van der Waals surface area contributed by atoms with E-state index in [4.69, 9.17) is 5.11 Å². The Bertz CT molecular complexity index is 1930. The summed E-state index contributed by atoms with van der Waals surface area (Å²) in [6.07, 6.45) is 10.0. The summed E-state index contributed by atoms with van der Waals surface area (Å²) in [5, 5.41) is 26.2. The van der Waals surface area contributed by atoms with Crippen molar-refractivity contribution in [3.05, 3.63) is 82.4 Å². The number of carbonyl (C=O) groups excluding carboxylic acids is 2. The fourth-order valence-corrected chi connectivity index (χ4v) is 14.1. The molecule has 10 atom stereocenters. The van der Waals surface area contributed by atoms with Gasteiger partial charge in [0.15, 0.2) is 11.6 Å². The number of benzene rings is 2. The van der Waals surface area contributed by atoms with Gasteiger partial charge in [-0.1, -0.05) is 65.0 Å². The molecule has 0 heterocycles. The van der Waals surface area contributed by atoms with Crippen molar-refractivity contribution in [2.45, 2.75) is 125 Å². The first-order chi connectivity index (χ1) is 26.3. The molecule has 7 rings (SSSR count). The van der Waals surface area contributed by atoms with Crippen LogP contribution in [0.2, 0.25) is 0 Å². The molecule has 0 bridgehead atoms. The molecule has 0 saturated heterocycles. The molecular formula is C47H62F2N2O5. The summed E-state index contributed by atoms with van der Waals surface area (Å²) in [7, 11) is 0. The zero-order valence-electron chi connectivity index (χ0n) is 34.2.